The van der Waals surface area contributed by atoms with E-state index in [0.717, 1.165) is 22.0 Å². The van der Waals surface area contributed by atoms with Crippen molar-refractivity contribution in [1.29, 1.82) is 0 Å². The molecule has 2 rings (SSSR count). The van der Waals surface area contributed by atoms with Crippen LogP contribution in [0.2, 0.25) is 5.02 Å². The summed E-state index contributed by atoms with van der Waals surface area (Å²) in [6.45, 7) is 1.97. The number of halogens is 1. The van der Waals surface area contributed by atoms with Crippen molar-refractivity contribution >= 4 is 23.5 Å². The van der Waals surface area contributed by atoms with Gasteiger partial charge in [-0.05, 0) is 36.8 Å². The van der Waals surface area contributed by atoms with Crippen molar-refractivity contribution in [1.82, 2.24) is 4.57 Å². The van der Waals surface area contributed by atoms with Crippen LogP contribution in [0, 0.1) is 6.92 Å². The van der Waals surface area contributed by atoms with Gasteiger partial charge in [0.05, 0.1) is 17.6 Å². The van der Waals surface area contributed by atoms with Gasteiger partial charge < -0.3 is 4.57 Å². The monoisotopic (exact) mass is 232 g/mol. The summed E-state index contributed by atoms with van der Waals surface area (Å²) in [7, 11) is 1.99. The predicted molar refractivity (Wildman–Crippen MR) is 68.9 cm³/mol. The van der Waals surface area contributed by atoms with Gasteiger partial charge in [-0.1, -0.05) is 17.7 Å². The Bertz CT molecular complexity index is 526. The van der Waals surface area contributed by atoms with Gasteiger partial charge in [-0.15, -0.1) is 0 Å². The van der Waals surface area contributed by atoms with E-state index in [2.05, 4.69) is 4.99 Å². The van der Waals surface area contributed by atoms with Gasteiger partial charge in [0.2, 0.25) is 0 Å². The first-order valence-corrected chi connectivity index (χ1v) is 5.47. The van der Waals surface area contributed by atoms with Gasteiger partial charge in [-0.25, -0.2) is 0 Å². The average Bonchev–Trinajstić information content (AvgIpc) is 2.67. The minimum Gasteiger partial charge on any atom is -0.350 e. The van der Waals surface area contributed by atoms with E-state index in [4.69, 9.17) is 11.6 Å². The fourth-order valence-corrected chi connectivity index (χ4v) is 1.65. The maximum atomic E-state index is 6.03. The summed E-state index contributed by atoms with van der Waals surface area (Å²) in [6, 6.07) is 9.75. The Hall–Kier alpha value is -1.54. The third-order valence-electron chi connectivity index (χ3n) is 2.56. The molecule has 0 spiro atoms. The molecule has 0 bridgehead atoms. The van der Waals surface area contributed by atoms with Crippen LogP contribution < -0.4 is 0 Å². The number of nitrogens with zero attached hydrogens (tertiary/aromatic N) is 2. The van der Waals surface area contributed by atoms with E-state index >= 15 is 0 Å². The second-order valence-electron chi connectivity index (χ2n) is 3.69. The quantitative estimate of drug-likeness (QED) is 0.702. The van der Waals surface area contributed by atoms with Crippen molar-refractivity contribution in [3.05, 3.63) is 52.8 Å². The zero-order valence-corrected chi connectivity index (χ0v) is 10.1. The van der Waals surface area contributed by atoms with E-state index in [9.17, 15) is 0 Å². The molecule has 0 saturated heterocycles. The summed E-state index contributed by atoms with van der Waals surface area (Å²) in [4.78, 5) is 4.44. The van der Waals surface area contributed by atoms with E-state index < -0.39 is 0 Å². The number of rotatable bonds is 2. The van der Waals surface area contributed by atoms with E-state index in [-0.39, 0.29) is 0 Å². The number of benzene rings is 1. The summed E-state index contributed by atoms with van der Waals surface area (Å²) in [5.41, 5.74) is 2.99. The standard InChI is InChI=1S/C13H13ClN2/c1-10-12(14)6-3-7-13(10)15-9-11-5-4-8-16(11)2/h3-9H,1-2H3. The average molecular weight is 233 g/mol. The molecule has 0 saturated carbocycles. The van der Waals surface area contributed by atoms with E-state index in [0.29, 0.717) is 0 Å². The molecule has 0 N–H and O–H groups in total. The molecule has 0 aliphatic rings. The SMILES string of the molecule is Cc1c(Cl)cccc1N=Cc1cccn1C. The molecule has 0 aliphatic heterocycles. The maximum absolute atomic E-state index is 6.03. The summed E-state index contributed by atoms with van der Waals surface area (Å²) in [5.74, 6) is 0. The lowest BCUT2D eigenvalue weighted by atomic mass is 10.2. The lowest BCUT2D eigenvalue weighted by Gasteiger charge is -2.01. The van der Waals surface area contributed by atoms with Crippen molar-refractivity contribution in [2.75, 3.05) is 0 Å². The van der Waals surface area contributed by atoms with Gasteiger partial charge in [-0.3, -0.25) is 4.99 Å². The summed E-state index contributed by atoms with van der Waals surface area (Å²) < 4.78 is 2.02. The van der Waals surface area contributed by atoms with E-state index in [1.807, 2.05) is 61.3 Å². The fraction of sp³-hybridized carbons (Fsp3) is 0.154. The van der Waals surface area contributed by atoms with Crippen LogP contribution in [0.4, 0.5) is 5.69 Å². The summed E-state index contributed by atoms with van der Waals surface area (Å²) >= 11 is 6.03. The smallest absolute Gasteiger partial charge is 0.0674 e. The predicted octanol–water partition coefficient (Wildman–Crippen LogP) is 3.74. The zero-order valence-electron chi connectivity index (χ0n) is 9.31. The lowest BCUT2D eigenvalue weighted by molar-refractivity contribution is 0.918. The zero-order chi connectivity index (χ0) is 11.5. The molecule has 0 fully saturated rings. The van der Waals surface area contributed by atoms with Crippen LogP contribution in [0.25, 0.3) is 0 Å². The van der Waals surface area contributed by atoms with Gasteiger partial charge in [0.15, 0.2) is 0 Å². The van der Waals surface area contributed by atoms with Crippen LogP contribution in [0.1, 0.15) is 11.3 Å². The van der Waals surface area contributed by atoms with Crippen LogP contribution in [-0.4, -0.2) is 10.8 Å². The minimum absolute atomic E-state index is 0.751. The first-order chi connectivity index (χ1) is 7.68. The molecule has 0 radical (unpaired) electrons. The van der Waals surface area contributed by atoms with Crippen molar-refractivity contribution in [2.24, 2.45) is 12.0 Å². The molecule has 0 unspecified atom stereocenters. The molecule has 82 valence electrons. The second-order valence-corrected chi connectivity index (χ2v) is 4.09. The molecule has 2 nitrogen and oxygen atoms in total. The Balaban J connectivity index is 2.31. The fourth-order valence-electron chi connectivity index (χ4n) is 1.48. The maximum Gasteiger partial charge on any atom is 0.0674 e. The van der Waals surface area contributed by atoms with Crippen LogP contribution >= 0.6 is 11.6 Å². The van der Waals surface area contributed by atoms with Crippen LogP contribution in [0.5, 0.6) is 0 Å². The highest BCUT2D eigenvalue weighted by Gasteiger charge is 1.99. The molecule has 2 aromatic rings. The third kappa shape index (κ3) is 2.17. The Kier molecular flexibility index (Phi) is 3.11. The Morgan fingerprint density at radius 3 is 2.75 bits per heavy atom. The molecule has 3 heteroatoms. The Labute approximate surface area is 100 Å². The highest BCUT2D eigenvalue weighted by molar-refractivity contribution is 6.31. The van der Waals surface area contributed by atoms with Crippen molar-refractivity contribution in [3.63, 3.8) is 0 Å². The molecule has 0 aliphatic carbocycles. The first-order valence-electron chi connectivity index (χ1n) is 5.09. The number of hydrogen-bond acceptors (Lipinski definition) is 1. The number of aromatic nitrogens is 1. The van der Waals surface area contributed by atoms with E-state index in [1.165, 1.54) is 0 Å². The molecular weight excluding hydrogens is 220 g/mol. The van der Waals surface area contributed by atoms with Crippen LogP contribution in [-0.2, 0) is 7.05 Å². The topological polar surface area (TPSA) is 17.3 Å². The van der Waals surface area contributed by atoms with Crippen LogP contribution in [0.15, 0.2) is 41.5 Å². The first kappa shape index (κ1) is 11.0. The van der Waals surface area contributed by atoms with Gasteiger partial charge in [0, 0.05) is 18.3 Å². The number of aliphatic imine (C=N–C) groups is 1. The minimum atomic E-state index is 0.751. The molecule has 16 heavy (non-hydrogen) atoms. The molecule has 0 amide bonds. The number of hydrogen-bond donors (Lipinski definition) is 0. The molecule has 1 aromatic carbocycles. The number of aryl methyl sites for hydroxylation is 1. The van der Waals surface area contributed by atoms with E-state index in [1.54, 1.807) is 0 Å². The van der Waals surface area contributed by atoms with Crippen molar-refractivity contribution < 1.29 is 0 Å². The van der Waals surface area contributed by atoms with Gasteiger partial charge in [0.1, 0.15) is 0 Å². The van der Waals surface area contributed by atoms with Crippen molar-refractivity contribution in [2.45, 2.75) is 6.92 Å². The third-order valence-corrected chi connectivity index (χ3v) is 2.97. The highest BCUT2D eigenvalue weighted by Crippen LogP contribution is 2.25. The van der Waals surface area contributed by atoms with Gasteiger partial charge in [-0.2, -0.15) is 0 Å². The molecule has 1 heterocycles. The summed E-state index contributed by atoms with van der Waals surface area (Å²) in [5, 5.41) is 0.751. The van der Waals surface area contributed by atoms with Gasteiger partial charge >= 0.3 is 0 Å². The summed E-state index contributed by atoms with van der Waals surface area (Å²) in [6.07, 6.45) is 3.84. The Morgan fingerprint density at radius 2 is 2.06 bits per heavy atom. The normalized spacial score (nSPS) is 11.2. The highest BCUT2D eigenvalue weighted by atomic mass is 35.5. The Morgan fingerprint density at radius 1 is 1.25 bits per heavy atom. The lowest BCUT2D eigenvalue weighted by Crippen LogP contribution is -1.92. The molecule has 0 atom stereocenters. The second kappa shape index (κ2) is 4.54. The van der Waals surface area contributed by atoms with Crippen molar-refractivity contribution in [3.8, 4) is 0 Å². The van der Waals surface area contributed by atoms with Gasteiger partial charge in [0.25, 0.3) is 0 Å². The largest absolute Gasteiger partial charge is 0.350 e. The molecular formula is C13H13ClN2. The van der Waals surface area contributed by atoms with Crippen LogP contribution in [0.3, 0.4) is 0 Å². The molecule has 1 aromatic heterocycles.